The molecule has 2 aliphatic rings. The molecule has 32 heavy (non-hydrogen) atoms. The number of benzene rings is 2. The van der Waals surface area contributed by atoms with Crippen LogP contribution in [0.15, 0.2) is 65.3 Å². The van der Waals surface area contributed by atoms with E-state index in [2.05, 4.69) is 27.7 Å². The molecule has 1 atom stereocenters. The molecule has 2 aliphatic heterocycles. The van der Waals surface area contributed by atoms with Crippen molar-refractivity contribution in [2.75, 3.05) is 36.5 Å². The second-order valence-electron chi connectivity index (χ2n) is 7.63. The van der Waals surface area contributed by atoms with Gasteiger partial charge in [0, 0.05) is 30.5 Å². The predicted octanol–water partition coefficient (Wildman–Crippen LogP) is 2.91. The molecule has 3 aromatic rings. The fraction of sp³-hybridized carbons (Fsp3) is 0.250. The van der Waals surface area contributed by atoms with Gasteiger partial charge in [-0.05, 0) is 42.3 Å². The number of anilines is 2. The number of nitrogens with one attached hydrogen (secondary N) is 2. The van der Waals surface area contributed by atoms with Gasteiger partial charge in [-0.2, -0.15) is 0 Å². The van der Waals surface area contributed by atoms with Crippen LogP contribution in [0.4, 0.5) is 11.4 Å². The van der Waals surface area contributed by atoms with Crippen molar-refractivity contribution in [3.8, 4) is 11.5 Å². The first kappa shape index (κ1) is 20.0. The van der Waals surface area contributed by atoms with Gasteiger partial charge in [0.25, 0.3) is 0 Å². The van der Waals surface area contributed by atoms with E-state index < -0.39 is 11.8 Å². The molecule has 0 bridgehead atoms. The van der Waals surface area contributed by atoms with Crippen molar-refractivity contribution >= 4 is 23.2 Å². The Morgan fingerprint density at radius 1 is 0.969 bits per heavy atom. The van der Waals surface area contributed by atoms with Gasteiger partial charge in [-0.1, -0.05) is 18.2 Å². The van der Waals surface area contributed by atoms with Crippen LogP contribution in [-0.2, 0) is 16.0 Å². The normalized spacial score (nSPS) is 15.1. The highest BCUT2D eigenvalue weighted by molar-refractivity contribution is 6.39. The Balaban J connectivity index is 1.25. The number of ether oxygens (including phenoxy) is 2. The quantitative estimate of drug-likeness (QED) is 0.601. The molecule has 1 aromatic heterocycles. The monoisotopic (exact) mass is 433 g/mol. The molecule has 0 radical (unpaired) electrons. The Morgan fingerprint density at radius 3 is 2.66 bits per heavy atom. The highest BCUT2D eigenvalue weighted by Gasteiger charge is 2.29. The van der Waals surface area contributed by atoms with Crippen molar-refractivity contribution in [3.05, 3.63) is 72.2 Å². The summed E-state index contributed by atoms with van der Waals surface area (Å²) in [6.07, 6.45) is 2.53. The van der Waals surface area contributed by atoms with Crippen LogP contribution in [0.3, 0.4) is 0 Å². The summed E-state index contributed by atoms with van der Waals surface area (Å²) in [4.78, 5) is 27.2. The van der Waals surface area contributed by atoms with E-state index >= 15 is 0 Å². The maximum Gasteiger partial charge on any atom is 0.313 e. The second kappa shape index (κ2) is 8.66. The minimum Gasteiger partial charge on any atom is -0.486 e. The van der Waals surface area contributed by atoms with Gasteiger partial charge in [0.15, 0.2) is 11.5 Å². The van der Waals surface area contributed by atoms with Gasteiger partial charge < -0.3 is 29.4 Å². The lowest BCUT2D eigenvalue weighted by Gasteiger charge is -2.29. The van der Waals surface area contributed by atoms with Crippen LogP contribution < -0.4 is 25.0 Å². The molecule has 0 spiro atoms. The van der Waals surface area contributed by atoms with E-state index in [1.54, 1.807) is 24.5 Å². The third kappa shape index (κ3) is 3.99. The van der Waals surface area contributed by atoms with Crippen molar-refractivity contribution < 1.29 is 23.5 Å². The van der Waals surface area contributed by atoms with E-state index in [1.807, 2.05) is 24.3 Å². The average Bonchev–Trinajstić information content (AvgIpc) is 3.50. The number of carbonyl (C=O) groups excluding carboxylic acids is 2. The highest BCUT2D eigenvalue weighted by atomic mass is 16.6. The van der Waals surface area contributed by atoms with Crippen molar-refractivity contribution in [1.29, 1.82) is 0 Å². The average molecular weight is 433 g/mol. The predicted molar refractivity (Wildman–Crippen MR) is 118 cm³/mol. The molecule has 0 fully saturated rings. The lowest BCUT2D eigenvalue weighted by molar-refractivity contribution is -0.136. The van der Waals surface area contributed by atoms with E-state index in [0.29, 0.717) is 30.4 Å². The number of rotatable bonds is 5. The molecular formula is C24H23N3O5. The zero-order valence-electron chi connectivity index (χ0n) is 17.4. The van der Waals surface area contributed by atoms with Crippen LogP contribution in [0.1, 0.15) is 17.4 Å². The summed E-state index contributed by atoms with van der Waals surface area (Å²) in [6, 6.07) is 16.7. The van der Waals surface area contributed by atoms with Gasteiger partial charge in [0.1, 0.15) is 25.0 Å². The second-order valence-corrected chi connectivity index (χ2v) is 7.63. The number of para-hydroxylation sites is 1. The largest absolute Gasteiger partial charge is 0.486 e. The van der Waals surface area contributed by atoms with Crippen molar-refractivity contribution in [2.24, 2.45) is 0 Å². The third-order valence-electron chi connectivity index (χ3n) is 5.63. The van der Waals surface area contributed by atoms with E-state index in [0.717, 1.165) is 24.4 Å². The van der Waals surface area contributed by atoms with Gasteiger partial charge in [-0.3, -0.25) is 9.59 Å². The van der Waals surface area contributed by atoms with E-state index in [-0.39, 0.29) is 12.6 Å². The zero-order valence-corrected chi connectivity index (χ0v) is 17.4. The first-order valence-electron chi connectivity index (χ1n) is 10.6. The number of furan rings is 1. The fourth-order valence-corrected chi connectivity index (χ4v) is 4.11. The first-order chi connectivity index (χ1) is 15.7. The molecule has 2 amide bonds. The van der Waals surface area contributed by atoms with Crippen LogP contribution in [0.2, 0.25) is 0 Å². The first-order valence-corrected chi connectivity index (χ1v) is 10.6. The standard InChI is InChI=1S/C24H23N3O5/c28-23(24(29)26-17-7-8-21-22(14-17)32-13-12-31-21)25-15-19(20-6-3-11-30-20)27-10-9-16-4-1-2-5-18(16)27/h1-8,11,14,19H,9-10,12-13,15H2,(H,25,28)(H,26,29). The molecular weight excluding hydrogens is 410 g/mol. The Bertz CT molecular complexity index is 1130. The van der Waals surface area contributed by atoms with Gasteiger partial charge in [-0.25, -0.2) is 0 Å². The highest BCUT2D eigenvalue weighted by Crippen LogP contribution is 2.35. The molecule has 0 aliphatic carbocycles. The Kier molecular flexibility index (Phi) is 5.41. The lowest BCUT2D eigenvalue weighted by atomic mass is 10.1. The zero-order chi connectivity index (χ0) is 21.9. The van der Waals surface area contributed by atoms with Crippen LogP contribution in [0.5, 0.6) is 11.5 Å². The molecule has 0 saturated heterocycles. The summed E-state index contributed by atoms with van der Waals surface area (Å²) in [5.74, 6) is 0.422. The number of hydrogen-bond acceptors (Lipinski definition) is 6. The molecule has 164 valence electrons. The van der Waals surface area contributed by atoms with Crippen LogP contribution in [0.25, 0.3) is 0 Å². The molecule has 1 unspecified atom stereocenters. The van der Waals surface area contributed by atoms with Crippen LogP contribution in [-0.4, -0.2) is 38.1 Å². The van der Waals surface area contributed by atoms with Crippen LogP contribution in [0, 0.1) is 0 Å². The smallest absolute Gasteiger partial charge is 0.313 e. The Hall–Kier alpha value is -3.94. The number of carbonyl (C=O) groups is 2. The number of fused-ring (bicyclic) bond motifs is 2. The van der Waals surface area contributed by atoms with Gasteiger partial charge in [-0.15, -0.1) is 0 Å². The van der Waals surface area contributed by atoms with E-state index in [1.165, 1.54) is 5.56 Å². The van der Waals surface area contributed by atoms with Crippen LogP contribution >= 0.6 is 0 Å². The minimum absolute atomic E-state index is 0.223. The SMILES string of the molecule is O=C(NCC(c1ccco1)N1CCc2ccccc21)C(=O)Nc1ccc2c(c1)OCCO2. The Morgan fingerprint density at radius 2 is 1.81 bits per heavy atom. The molecule has 8 heteroatoms. The Labute approximate surface area is 185 Å². The molecule has 8 nitrogen and oxygen atoms in total. The van der Waals surface area contributed by atoms with Crippen molar-refractivity contribution in [1.82, 2.24) is 5.32 Å². The lowest BCUT2D eigenvalue weighted by Crippen LogP contribution is -2.41. The maximum atomic E-state index is 12.5. The number of nitrogens with zero attached hydrogens (tertiary/aromatic N) is 1. The fourth-order valence-electron chi connectivity index (χ4n) is 4.11. The molecule has 5 rings (SSSR count). The molecule has 3 heterocycles. The summed E-state index contributed by atoms with van der Waals surface area (Å²) in [5.41, 5.74) is 2.83. The summed E-state index contributed by atoms with van der Waals surface area (Å²) in [6.45, 7) is 1.97. The molecule has 0 saturated carbocycles. The van der Waals surface area contributed by atoms with E-state index in [9.17, 15) is 9.59 Å². The maximum absolute atomic E-state index is 12.5. The summed E-state index contributed by atoms with van der Waals surface area (Å²) < 4.78 is 16.6. The summed E-state index contributed by atoms with van der Waals surface area (Å²) in [7, 11) is 0. The van der Waals surface area contributed by atoms with Gasteiger partial charge in [0.05, 0.1) is 6.26 Å². The summed E-state index contributed by atoms with van der Waals surface area (Å²) in [5, 5.41) is 5.36. The van der Waals surface area contributed by atoms with Gasteiger partial charge >= 0.3 is 11.8 Å². The topological polar surface area (TPSA) is 93.0 Å². The third-order valence-corrected chi connectivity index (χ3v) is 5.63. The van der Waals surface area contributed by atoms with Crippen molar-refractivity contribution in [3.63, 3.8) is 0 Å². The molecule has 2 N–H and O–H groups in total. The van der Waals surface area contributed by atoms with E-state index in [4.69, 9.17) is 13.9 Å². The minimum atomic E-state index is -0.748. The van der Waals surface area contributed by atoms with Crippen molar-refractivity contribution in [2.45, 2.75) is 12.5 Å². The number of amides is 2. The summed E-state index contributed by atoms with van der Waals surface area (Å²) >= 11 is 0. The molecule has 2 aromatic carbocycles. The number of hydrogen-bond donors (Lipinski definition) is 2. The van der Waals surface area contributed by atoms with Gasteiger partial charge in [0.2, 0.25) is 0 Å².